The van der Waals surface area contributed by atoms with Crippen molar-refractivity contribution in [3.63, 3.8) is 0 Å². The molecule has 3 N–H and O–H groups in total. The van der Waals surface area contributed by atoms with Gasteiger partial charge in [0.1, 0.15) is 11.6 Å². The Balaban J connectivity index is 2.31. The molecule has 0 bridgehead atoms. The van der Waals surface area contributed by atoms with Gasteiger partial charge in [0.05, 0.1) is 11.1 Å². The van der Waals surface area contributed by atoms with Gasteiger partial charge in [-0.1, -0.05) is 29.8 Å². The number of rotatable bonds is 4. The first-order chi connectivity index (χ1) is 9.52. The Morgan fingerprint density at radius 3 is 2.65 bits per heavy atom. The second-order valence-corrected chi connectivity index (χ2v) is 5.87. The van der Waals surface area contributed by atoms with E-state index in [0.29, 0.717) is 12.0 Å². The van der Waals surface area contributed by atoms with Crippen molar-refractivity contribution < 1.29 is 8.78 Å². The molecular formula is C14H12ClF2IN2. The SMILES string of the molecule is NNC(Cc1cccc(Cl)c1F)c1ccc(F)cc1I. The van der Waals surface area contributed by atoms with Crippen LogP contribution in [0, 0.1) is 15.2 Å². The second kappa shape index (κ2) is 6.80. The molecule has 2 rings (SSSR count). The largest absolute Gasteiger partial charge is 0.271 e. The van der Waals surface area contributed by atoms with Gasteiger partial charge in [-0.05, 0) is 58.3 Å². The molecule has 6 heteroatoms. The minimum atomic E-state index is -0.452. The summed E-state index contributed by atoms with van der Waals surface area (Å²) in [4.78, 5) is 0. The molecule has 20 heavy (non-hydrogen) atoms. The zero-order valence-electron chi connectivity index (χ0n) is 10.3. The van der Waals surface area contributed by atoms with E-state index >= 15 is 0 Å². The molecule has 0 fully saturated rings. The maximum atomic E-state index is 13.9. The number of hydrogen-bond donors (Lipinski definition) is 2. The minimum Gasteiger partial charge on any atom is -0.271 e. The molecule has 0 radical (unpaired) electrons. The topological polar surface area (TPSA) is 38.0 Å². The van der Waals surface area contributed by atoms with E-state index in [1.807, 2.05) is 22.6 Å². The van der Waals surface area contributed by atoms with Crippen LogP contribution >= 0.6 is 34.2 Å². The molecule has 0 saturated heterocycles. The quantitative estimate of drug-likeness (QED) is 0.456. The minimum absolute atomic E-state index is 0.0760. The van der Waals surface area contributed by atoms with Crippen molar-refractivity contribution in [1.29, 1.82) is 0 Å². The summed E-state index contributed by atoms with van der Waals surface area (Å²) in [6, 6.07) is 8.92. The second-order valence-electron chi connectivity index (χ2n) is 4.30. The molecule has 0 heterocycles. The van der Waals surface area contributed by atoms with Crippen LogP contribution in [0.4, 0.5) is 8.78 Å². The van der Waals surface area contributed by atoms with Crippen molar-refractivity contribution in [1.82, 2.24) is 5.43 Å². The van der Waals surface area contributed by atoms with Gasteiger partial charge in [0.25, 0.3) is 0 Å². The van der Waals surface area contributed by atoms with E-state index in [9.17, 15) is 8.78 Å². The van der Waals surface area contributed by atoms with E-state index in [-0.39, 0.29) is 16.9 Å². The van der Waals surface area contributed by atoms with E-state index in [1.165, 1.54) is 18.2 Å². The number of hydrazine groups is 1. The standard InChI is InChI=1S/C14H12ClF2IN2/c15-11-3-1-2-8(14(11)17)6-13(20-19)10-5-4-9(16)7-12(10)18/h1-5,7,13,20H,6,19H2. The lowest BCUT2D eigenvalue weighted by molar-refractivity contribution is 0.526. The van der Waals surface area contributed by atoms with Crippen LogP contribution in [-0.2, 0) is 6.42 Å². The van der Waals surface area contributed by atoms with Crippen LogP contribution in [0.2, 0.25) is 5.02 Å². The van der Waals surface area contributed by atoms with E-state index < -0.39 is 5.82 Å². The first-order valence-electron chi connectivity index (χ1n) is 5.87. The maximum absolute atomic E-state index is 13.9. The van der Waals surface area contributed by atoms with E-state index in [0.717, 1.165) is 9.13 Å². The molecule has 0 saturated carbocycles. The fourth-order valence-corrected chi connectivity index (χ4v) is 3.02. The Hall–Kier alpha value is -0.760. The Labute approximate surface area is 134 Å². The van der Waals surface area contributed by atoms with Gasteiger partial charge in [0.15, 0.2) is 0 Å². The first-order valence-corrected chi connectivity index (χ1v) is 7.32. The molecule has 0 aliphatic carbocycles. The number of benzene rings is 2. The molecule has 2 aromatic rings. The lowest BCUT2D eigenvalue weighted by Crippen LogP contribution is -2.30. The Bertz CT molecular complexity index is 622. The normalized spacial score (nSPS) is 12.4. The molecule has 0 amide bonds. The van der Waals surface area contributed by atoms with Gasteiger partial charge in [-0.2, -0.15) is 0 Å². The zero-order chi connectivity index (χ0) is 14.7. The highest BCUT2D eigenvalue weighted by atomic mass is 127. The van der Waals surface area contributed by atoms with Crippen molar-refractivity contribution in [2.75, 3.05) is 0 Å². The van der Waals surface area contributed by atoms with Gasteiger partial charge >= 0.3 is 0 Å². The third-order valence-corrected chi connectivity index (χ3v) is 4.22. The van der Waals surface area contributed by atoms with Crippen LogP contribution in [0.15, 0.2) is 36.4 Å². The zero-order valence-corrected chi connectivity index (χ0v) is 13.3. The lowest BCUT2D eigenvalue weighted by Gasteiger charge is -2.18. The van der Waals surface area contributed by atoms with Crippen molar-refractivity contribution in [3.05, 3.63) is 67.8 Å². The fourth-order valence-electron chi connectivity index (χ4n) is 1.97. The van der Waals surface area contributed by atoms with Gasteiger partial charge in [-0.25, -0.2) is 8.78 Å². The highest BCUT2D eigenvalue weighted by molar-refractivity contribution is 14.1. The van der Waals surface area contributed by atoms with Crippen molar-refractivity contribution in [2.24, 2.45) is 5.84 Å². The van der Waals surface area contributed by atoms with Gasteiger partial charge < -0.3 is 0 Å². The van der Waals surface area contributed by atoms with Gasteiger partial charge in [0.2, 0.25) is 0 Å². The molecule has 1 atom stereocenters. The van der Waals surface area contributed by atoms with Crippen LogP contribution in [0.5, 0.6) is 0 Å². The molecule has 0 spiro atoms. The molecular weight excluding hydrogens is 397 g/mol. The summed E-state index contributed by atoms with van der Waals surface area (Å²) >= 11 is 7.79. The Morgan fingerprint density at radius 1 is 1.25 bits per heavy atom. The highest BCUT2D eigenvalue weighted by Crippen LogP contribution is 2.26. The smallest absolute Gasteiger partial charge is 0.145 e. The summed E-state index contributed by atoms with van der Waals surface area (Å²) in [5.41, 5.74) is 3.91. The van der Waals surface area contributed by atoms with Crippen LogP contribution in [0.25, 0.3) is 0 Å². The summed E-state index contributed by atoms with van der Waals surface area (Å²) in [6.45, 7) is 0. The van der Waals surface area contributed by atoms with E-state index in [2.05, 4.69) is 5.43 Å². The third-order valence-electron chi connectivity index (χ3n) is 2.99. The maximum Gasteiger partial charge on any atom is 0.145 e. The molecule has 0 aliphatic heterocycles. The highest BCUT2D eigenvalue weighted by Gasteiger charge is 2.17. The fraction of sp³-hybridized carbons (Fsp3) is 0.143. The van der Waals surface area contributed by atoms with Crippen LogP contribution in [0.1, 0.15) is 17.2 Å². The van der Waals surface area contributed by atoms with Crippen LogP contribution in [0.3, 0.4) is 0 Å². The number of nitrogens with two attached hydrogens (primary N) is 1. The van der Waals surface area contributed by atoms with E-state index in [4.69, 9.17) is 17.4 Å². The predicted molar refractivity (Wildman–Crippen MR) is 84.3 cm³/mol. The van der Waals surface area contributed by atoms with Gasteiger partial charge in [-0.15, -0.1) is 0 Å². The predicted octanol–water partition coefficient (Wildman–Crippen LogP) is 3.97. The molecule has 1 unspecified atom stereocenters. The lowest BCUT2D eigenvalue weighted by atomic mass is 9.99. The van der Waals surface area contributed by atoms with Crippen LogP contribution < -0.4 is 11.3 Å². The van der Waals surface area contributed by atoms with E-state index in [1.54, 1.807) is 18.2 Å². The number of halogens is 4. The Kier molecular flexibility index (Phi) is 5.31. The summed E-state index contributed by atoms with van der Waals surface area (Å²) in [5.74, 6) is 4.78. The van der Waals surface area contributed by atoms with Crippen molar-refractivity contribution in [3.8, 4) is 0 Å². The van der Waals surface area contributed by atoms with Gasteiger partial charge in [-0.3, -0.25) is 11.3 Å². The van der Waals surface area contributed by atoms with Crippen LogP contribution in [-0.4, -0.2) is 0 Å². The van der Waals surface area contributed by atoms with Crippen molar-refractivity contribution >= 4 is 34.2 Å². The number of hydrogen-bond acceptors (Lipinski definition) is 2. The number of nitrogens with one attached hydrogen (secondary N) is 1. The molecule has 2 nitrogen and oxygen atoms in total. The summed E-state index contributed by atoms with van der Waals surface area (Å²) in [6.07, 6.45) is 0.324. The first kappa shape index (κ1) is 15.6. The summed E-state index contributed by atoms with van der Waals surface area (Å²) < 4.78 is 27.8. The average Bonchev–Trinajstić information content (AvgIpc) is 2.41. The molecule has 2 aromatic carbocycles. The molecule has 0 aromatic heterocycles. The summed E-state index contributed by atoms with van der Waals surface area (Å²) in [7, 11) is 0. The molecule has 0 aliphatic rings. The monoisotopic (exact) mass is 408 g/mol. The summed E-state index contributed by atoms with van der Waals surface area (Å²) in [5, 5.41) is 0.0760. The Morgan fingerprint density at radius 2 is 2.00 bits per heavy atom. The average molecular weight is 409 g/mol. The van der Waals surface area contributed by atoms with Gasteiger partial charge in [0, 0.05) is 3.57 Å². The van der Waals surface area contributed by atoms with Crippen molar-refractivity contribution in [2.45, 2.75) is 12.5 Å². The molecule has 106 valence electrons. The third kappa shape index (κ3) is 3.46.